The van der Waals surface area contributed by atoms with Gasteiger partial charge in [-0.2, -0.15) is 0 Å². The Kier molecular flexibility index (Phi) is 4.27. The molecule has 0 bridgehead atoms. The summed E-state index contributed by atoms with van der Waals surface area (Å²) in [6.07, 6.45) is 2.25. The Labute approximate surface area is 91.5 Å². The minimum Gasteiger partial charge on any atom is -0.381 e. The molecule has 0 aliphatic rings. The molecule has 0 unspecified atom stereocenters. The van der Waals surface area contributed by atoms with Crippen molar-refractivity contribution in [2.24, 2.45) is 0 Å². The number of aryl methyl sites for hydroxylation is 1. The fourth-order valence-electron chi connectivity index (χ4n) is 1.51. The fourth-order valence-corrected chi connectivity index (χ4v) is 1.79. The van der Waals surface area contributed by atoms with Gasteiger partial charge in [0.2, 0.25) is 0 Å². The Morgan fingerprint density at radius 1 is 1.29 bits per heavy atom. The van der Waals surface area contributed by atoms with Crippen LogP contribution < -0.4 is 5.32 Å². The van der Waals surface area contributed by atoms with Crippen molar-refractivity contribution >= 4 is 17.3 Å². The van der Waals surface area contributed by atoms with Crippen molar-refractivity contribution in [3.63, 3.8) is 0 Å². The number of hydrogen-bond acceptors (Lipinski definition) is 1. The lowest BCUT2D eigenvalue weighted by Crippen LogP contribution is -2.17. The molecule has 0 saturated heterocycles. The molecule has 0 saturated carbocycles. The summed E-state index contributed by atoms with van der Waals surface area (Å²) in [6.45, 7) is 6.46. The first-order valence-corrected chi connectivity index (χ1v) is 5.58. The smallest absolute Gasteiger partial charge is 0.0640 e. The standard InChI is InChI=1S/C12H18ClN/c1-4-10(5-2)14-12-9(3)7-6-8-11(12)13/h6-8,10,14H,4-5H2,1-3H3. The van der Waals surface area contributed by atoms with Crippen molar-refractivity contribution in [1.82, 2.24) is 0 Å². The molecule has 0 aliphatic carbocycles. The highest BCUT2D eigenvalue weighted by molar-refractivity contribution is 6.33. The van der Waals surface area contributed by atoms with E-state index in [0.29, 0.717) is 6.04 Å². The molecular formula is C12H18ClN. The van der Waals surface area contributed by atoms with Crippen LogP contribution in [0.4, 0.5) is 5.69 Å². The molecule has 2 heteroatoms. The Hall–Kier alpha value is -0.690. The summed E-state index contributed by atoms with van der Waals surface area (Å²) in [6, 6.07) is 6.51. The van der Waals surface area contributed by atoms with Gasteiger partial charge in [-0.15, -0.1) is 0 Å². The molecule has 1 nitrogen and oxygen atoms in total. The van der Waals surface area contributed by atoms with Crippen LogP contribution in [-0.4, -0.2) is 6.04 Å². The average molecular weight is 212 g/mol. The van der Waals surface area contributed by atoms with Gasteiger partial charge in [0.25, 0.3) is 0 Å². The minimum atomic E-state index is 0.522. The summed E-state index contributed by atoms with van der Waals surface area (Å²) in [5.41, 5.74) is 2.30. The maximum absolute atomic E-state index is 6.13. The molecule has 78 valence electrons. The quantitative estimate of drug-likeness (QED) is 0.785. The highest BCUT2D eigenvalue weighted by Gasteiger charge is 2.07. The van der Waals surface area contributed by atoms with Crippen molar-refractivity contribution in [2.45, 2.75) is 39.7 Å². The van der Waals surface area contributed by atoms with E-state index < -0.39 is 0 Å². The lowest BCUT2D eigenvalue weighted by atomic mass is 10.1. The normalized spacial score (nSPS) is 10.6. The van der Waals surface area contributed by atoms with Crippen LogP contribution in [0.5, 0.6) is 0 Å². The van der Waals surface area contributed by atoms with Gasteiger partial charge in [0.15, 0.2) is 0 Å². The van der Waals surface area contributed by atoms with Crippen LogP contribution in [0.25, 0.3) is 0 Å². The predicted molar refractivity (Wildman–Crippen MR) is 64.2 cm³/mol. The van der Waals surface area contributed by atoms with E-state index >= 15 is 0 Å². The van der Waals surface area contributed by atoms with Gasteiger partial charge < -0.3 is 5.32 Å². The van der Waals surface area contributed by atoms with E-state index in [2.05, 4.69) is 32.2 Å². The summed E-state index contributed by atoms with van der Waals surface area (Å²) in [5, 5.41) is 4.30. The van der Waals surface area contributed by atoms with E-state index in [-0.39, 0.29) is 0 Å². The molecular weight excluding hydrogens is 194 g/mol. The summed E-state index contributed by atoms with van der Waals surface area (Å²) in [5.74, 6) is 0. The molecule has 1 aromatic carbocycles. The molecule has 0 atom stereocenters. The van der Waals surface area contributed by atoms with Gasteiger partial charge in [0.1, 0.15) is 0 Å². The second-order valence-corrected chi connectivity index (χ2v) is 4.00. The number of benzene rings is 1. The SMILES string of the molecule is CCC(CC)Nc1c(C)cccc1Cl. The number of para-hydroxylation sites is 1. The van der Waals surface area contributed by atoms with Crippen molar-refractivity contribution in [1.29, 1.82) is 0 Å². The van der Waals surface area contributed by atoms with Gasteiger partial charge >= 0.3 is 0 Å². The number of hydrogen-bond donors (Lipinski definition) is 1. The Morgan fingerprint density at radius 3 is 2.43 bits per heavy atom. The minimum absolute atomic E-state index is 0.522. The molecule has 0 aliphatic heterocycles. The lowest BCUT2D eigenvalue weighted by Gasteiger charge is -2.19. The van der Waals surface area contributed by atoms with E-state index in [1.807, 2.05) is 12.1 Å². The van der Waals surface area contributed by atoms with Gasteiger partial charge in [0, 0.05) is 6.04 Å². The first-order valence-electron chi connectivity index (χ1n) is 5.20. The van der Waals surface area contributed by atoms with Crippen molar-refractivity contribution in [2.75, 3.05) is 5.32 Å². The molecule has 1 N–H and O–H groups in total. The second kappa shape index (κ2) is 5.26. The van der Waals surface area contributed by atoms with Crippen molar-refractivity contribution < 1.29 is 0 Å². The molecule has 0 spiro atoms. The number of halogens is 1. The van der Waals surface area contributed by atoms with E-state index in [1.54, 1.807) is 0 Å². The van der Waals surface area contributed by atoms with E-state index in [9.17, 15) is 0 Å². The number of anilines is 1. The van der Waals surface area contributed by atoms with Gasteiger partial charge in [-0.1, -0.05) is 37.6 Å². The molecule has 0 aromatic heterocycles. The van der Waals surface area contributed by atoms with Crippen LogP contribution in [0.1, 0.15) is 32.3 Å². The lowest BCUT2D eigenvalue weighted by molar-refractivity contribution is 0.671. The molecule has 0 heterocycles. The van der Waals surface area contributed by atoms with Gasteiger partial charge in [-0.05, 0) is 31.4 Å². The first-order chi connectivity index (χ1) is 6.69. The van der Waals surface area contributed by atoms with Crippen LogP contribution in [0.3, 0.4) is 0 Å². The van der Waals surface area contributed by atoms with Gasteiger partial charge in [0.05, 0.1) is 10.7 Å². The largest absolute Gasteiger partial charge is 0.381 e. The third-order valence-corrected chi connectivity index (χ3v) is 2.87. The molecule has 0 radical (unpaired) electrons. The van der Waals surface area contributed by atoms with Crippen molar-refractivity contribution in [3.05, 3.63) is 28.8 Å². The highest BCUT2D eigenvalue weighted by Crippen LogP contribution is 2.26. The topological polar surface area (TPSA) is 12.0 Å². The van der Waals surface area contributed by atoms with Gasteiger partial charge in [-0.25, -0.2) is 0 Å². The fraction of sp³-hybridized carbons (Fsp3) is 0.500. The monoisotopic (exact) mass is 211 g/mol. The second-order valence-electron chi connectivity index (χ2n) is 3.59. The van der Waals surface area contributed by atoms with Crippen LogP contribution in [0.2, 0.25) is 5.02 Å². The Bertz CT molecular complexity index is 272. The summed E-state index contributed by atoms with van der Waals surface area (Å²) in [4.78, 5) is 0. The van der Waals surface area contributed by atoms with E-state index in [4.69, 9.17) is 11.6 Å². The predicted octanol–water partition coefficient (Wildman–Crippen LogP) is 4.25. The zero-order valence-electron chi connectivity index (χ0n) is 9.10. The Morgan fingerprint density at radius 2 is 1.93 bits per heavy atom. The molecule has 1 rings (SSSR count). The van der Waals surface area contributed by atoms with Crippen molar-refractivity contribution in [3.8, 4) is 0 Å². The third kappa shape index (κ3) is 2.65. The van der Waals surface area contributed by atoms with Crippen LogP contribution in [0, 0.1) is 6.92 Å². The third-order valence-electron chi connectivity index (χ3n) is 2.56. The molecule has 0 fully saturated rings. The maximum atomic E-state index is 6.13. The maximum Gasteiger partial charge on any atom is 0.0640 e. The van der Waals surface area contributed by atoms with E-state index in [1.165, 1.54) is 5.56 Å². The van der Waals surface area contributed by atoms with E-state index in [0.717, 1.165) is 23.6 Å². The number of nitrogens with one attached hydrogen (secondary N) is 1. The first kappa shape index (κ1) is 11.4. The Balaban J connectivity index is 2.84. The van der Waals surface area contributed by atoms with Crippen LogP contribution in [0.15, 0.2) is 18.2 Å². The molecule has 0 amide bonds. The summed E-state index contributed by atoms with van der Waals surface area (Å²) in [7, 11) is 0. The molecule has 14 heavy (non-hydrogen) atoms. The summed E-state index contributed by atoms with van der Waals surface area (Å²) < 4.78 is 0. The van der Waals surface area contributed by atoms with Crippen LogP contribution >= 0.6 is 11.6 Å². The number of rotatable bonds is 4. The zero-order valence-corrected chi connectivity index (χ0v) is 9.86. The summed E-state index contributed by atoms with van der Waals surface area (Å²) >= 11 is 6.13. The molecule has 1 aromatic rings. The highest BCUT2D eigenvalue weighted by atomic mass is 35.5. The average Bonchev–Trinajstić information content (AvgIpc) is 2.18. The zero-order chi connectivity index (χ0) is 10.6. The van der Waals surface area contributed by atoms with Gasteiger partial charge in [-0.3, -0.25) is 0 Å². The van der Waals surface area contributed by atoms with Crippen LogP contribution in [-0.2, 0) is 0 Å².